The fourth-order valence-electron chi connectivity index (χ4n) is 4.72. The first-order valence-corrected chi connectivity index (χ1v) is 10.2. The lowest BCUT2D eigenvalue weighted by molar-refractivity contribution is -0.253. The van der Waals surface area contributed by atoms with Crippen molar-refractivity contribution in [2.24, 2.45) is 10.8 Å². The molecule has 0 saturated carbocycles. The molecule has 0 amide bonds. The lowest BCUT2D eigenvalue weighted by atomic mass is 9.52. The standard InChI is InChI=1S/C23H17BrN4O3/c1-21-18(14-5-9-17(29-2)10-6-14)23(13-27,20(28)31-21)22(11-25,12-26)19(30-21)15-3-7-16(24)8-4-15/h3-10,18-19,28H,1-2H3. The second-order valence-corrected chi connectivity index (χ2v) is 8.57. The predicted octanol–water partition coefficient (Wildman–Crippen LogP) is 4.58. The predicted molar refractivity (Wildman–Crippen MR) is 113 cm³/mol. The molecule has 2 heterocycles. The number of nitriles is 3. The van der Waals surface area contributed by atoms with Gasteiger partial charge in [0.15, 0.2) is 5.41 Å². The SMILES string of the molecule is COc1ccc(C2C3(C)OC(=N)C2(C#N)C(C#N)(C#N)C(c2ccc(Br)cc2)O3)cc1. The van der Waals surface area contributed by atoms with Crippen molar-refractivity contribution in [1.29, 1.82) is 21.2 Å². The van der Waals surface area contributed by atoms with Gasteiger partial charge in [-0.05, 0) is 35.4 Å². The van der Waals surface area contributed by atoms with Crippen molar-refractivity contribution in [2.75, 3.05) is 7.11 Å². The third-order valence-corrected chi connectivity index (χ3v) is 6.67. The van der Waals surface area contributed by atoms with Crippen LogP contribution in [0.25, 0.3) is 0 Å². The molecule has 8 heteroatoms. The number of nitrogens with zero attached hydrogens (tertiary/aromatic N) is 3. The Balaban J connectivity index is 1.99. The molecule has 7 nitrogen and oxygen atoms in total. The number of benzene rings is 2. The molecule has 4 rings (SSSR count). The van der Waals surface area contributed by atoms with Crippen LogP contribution >= 0.6 is 15.9 Å². The molecule has 4 unspecified atom stereocenters. The van der Waals surface area contributed by atoms with Gasteiger partial charge in [-0.15, -0.1) is 0 Å². The van der Waals surface area contributed by atoms with E-state index in [-0.39, 0.29) is 0 Å². The number of hydrogen-bond acceptors (Lipinski definition) is 7. The van der Waals surface area contributed by atoms with Crippen LogP contribution < -0.4 is 4.74 Å². The van der Waals surface area contributed by atoms with Crippen LogP contribution in [-0.4, -0.2) is 18.8 Å². The number of halogens is 1. The van der Waals surface area contributed by atoms with Gasteiger partial charge in [-0.25, -0.2) is 0 Å². The molecule has 2 saturated heterocycles. The van der Waals surface area contributed by atoms with Crippen LogP contribution in [0, 0.1) is 50.2 Å². The molecular weight excluding hydrogens is 460 g/mol. The third-order valence-electron chi connectivity index (χ3n) is 6.14. The van der Waals surface area contributed by atoms with Crippen LogP contribution in [0.2, 0.25) is 0 Å². The third kappa shape index (κ3) is 2.61. The molecule has 0 spiro atoms. The fraction of sp³-hybridized carbons (Fsp3) is 0.304. The molecule has 2 aliphatic heterocycles. The topological polar surface area (TPSA) is 123 Å². The van der Waals surface area contributed by atoms with E-state index in [4.69, 9.17) is 19.6 Å². The smallest absolute Gasteiger partial charge is 0.218 e. The maximum atomic E-state index is 10.4. The van der Waals surface area contributed by atoms with Gasteiger partial charge in [-0.1, -0.05) is 40.2 Å². The van der Waals surface area contributed by atoms with Crippen LogP contribution in [-0.2, 0) is 9.47 Å². The summed E-state index contributed by atoms with van der Waals surface area (Å²) in [6, 6.07) is 20.1. The van der Waals surface area contributed by atoms with Gasteiger partial charge in [0.05, 0.1) is 31.2 Å². The lowest BCUT2D eigenvalue weighted by Gasteiger charge is -2.48. The first-order valence-electron chi connectivity index (χ1n) is 9.41. The second kappa shape index (κ2) is 7.10. The monoisotopic (exact) mass is 476 g/mol. The summed E-state index contributed by atoms with van der Waals surface area (Å²) in [4.78, 5) is 0. The average molecular weight is 477 g/mol. The van der Waals surface area contributed by atoms with Crippen LogP contribution in [0.5, 0.6) is 5.75 Å². The minimum absolute atomic E-state index is 0.443. The Morgan fingerprint density at radius 1 is 0.968 bits per heavy atom. The molecule has 1 N–H and O–H groups in total. The van der Waals surface area contributed by atoms with Crippen molar-refractivity contribution in [3.05, 3.63) is 64.1 Å². The summed E-state index contributed by atoms with van der Waals surface area (Å²) in [6.07, 6.45) is -1.10. The van der Waals surface area contributed by atoms with E-state index >= 15 is 0 Å². The van der Waals surface area contributed by atoms with Crippen molar-refractivity contribution in [3.63, 3.8) is 0 Å². The molecule has 2 aromatic carbocycles. The zero-order valence-corrected chi connectivity index (χ0v) is 18.3. The molecule has 2 aliphatic rings. The van der Waals surface area contributed by atoms with Gasteiger partial charge in [-0.2, -0.15) is 15.8 Å². The van der Waals surface area contributed by atoms with Crippen LogP contribution in [0.1, 0.15) is 30.1 Å². The summed E-state index contributed by atoms with van der Waals surface area (Å²) >= 11 is 3.37. The van der Waals surface area contributed by atoms with Crippen molar-refractivity contribution in [3.8, 4) is 24.0 Å². The number of ether oxygens (including phenoxy) is 3. The number of rotatable bonds is 3. The van der Waals surface area contributed by atoms with E-state index < -0.39 is 34.5 Å². The van der Waals surface area contributed by atoms with Crippen molar-refractivity contribution >= 4 is 21.8 Å². The van der Waals surface area contributed by atoms with Gasteiger partial charge in [-0.3, -0.25) is 5.41 Å². The lowest BCUT2D eigenvalue weighted by Crippen LogP contribution is -2.57. The van der Waals surface area contributed by atoms with E-state index in [0.29, 0.717) is 16.9 Å². The second-order valence-electron chi connectivity index (χ2n) is 7.65. The number of methoxy groups -OCH3 is 1. The highest BCUT2D eigenvalue weighted by Gasteiger charge is 2.79. The molecule has 2 fully saturated rings. The minimum Gasteiger partial charge on any atom is -0.497 e. The molecule has 154 valence electrons. The normalized spacial score (nSPS) is 30.4. The largest absolute Gasteiger partial charge is 0.497 e. The van der Waals surface area contributed by atoms with Crippen molar-refractivity contribution in [2.45, 2.75) is 24.7 Å². The Bertz CT molecular complexity index is 1160. The van der Waals surface area contributed by atoms with Gasteiger partial charge >= 0.3 is 0 Å². The summed E-state index contributed by atoms with van der Waals surface area (Å²) in [5, 5.41) is 39.6. The number of fused-ring (bicyclic) bond motifs is 2. The highest BCUT2D eigenvalue weighted by atomic mass is 79.9. The first kappa shape index (κ1) is 20.9. The molecule has 2 bridgehead atoms. The molecule has 0 aromatic heterocycles. The van der Waals surface area contributed by atoms with E-state index in [0.717, 1.165) is 4.47 Å². The zero-order valence-electron chi connectivity index (χ0n) is 16.7. The molecule has 2 aromatic rings. The maximum Gasteiger partial charge on any atom is 0.218 e. The minimum atomic E-state index is -2.02. The molecule has 0 aliphatic carbocycles. The summed E-state index contributed by atoms with van der Waals surface area (Å²) in [5.41, 5.74) is -2.75. The summed E-state index contributed by atoms with van der Waals surface area (Å²) in [5.74, 6) is -2.15. The van der Waals surface area contributed by atoms with E-state index in [1.54, 1.807) is 62.6 Å². The highest BCUT2D eigenvalue weighted by molar-refractivity contribution is 9.10. The molecule has 4 atom stereocenters. The van der Waals surface area contributed by atoms with Gasteiger partial charge < -0.3 is 14.2 Å². The Hall–Kier alpha value is -3.38. The van der Waals surface area contributed by atoms with E-state index in [1.807, 2.05) is 0 Å². The average Bonchev–Trinajstić information content (AvgIpc) is 2.97. The maximum absolute atomic E-state index is 10.4. The summed E-state index contributed by atoms with van der Waals surface area (Å²) in [7, 11) is 1.54. The molecule has 0 radical (unpaired) electrons. The fourth-order valence-corrected chi connectivity index (χ4v) is 4.99. The van der Waals surface area contributed by atoms with E-state index in [1.165, 1.54) is 0 Å². The molecular formula is C23H17BrN4O3. The quantitative estimate of drug-likeness (QED) is 0.691. The van der Waals surface area contributed by atoms with Crippen molar-refractivity contribution < 1.29 is 14.2 Å². The van der Waals surface area contributed by atoms with E-state index in [2.05, 4.69) is 34.1 Å². The summed E-state index contributed by atoms with van der Waals surface area (Å²) < 4.78 is 18.2. The van der Waals surface area contributed by atoms with Crippen LogP contribution in [0.4, 0.5) is 0 Å². The number of hydrogen-bond donors (Lipinski definition) is 1. The molecule has 31 heavy (non-hydrogen) atoms. The number of nitrogens with one attached hydrogen (secondary N) is 1. The summed E-state index contributed by atoms with van der Waals surface area (Å²) in [6.45, 7) is 1.64. The van der Waals surface area contributed by atoms with E-state index in [9.17, 15) is 15.8 Å². The van der Waals surface area contributed by atoms with Crippen LogP contribution in [0.3, 0.4) is 0 Å². The highest BCUT2D eigenvalue weighted by Crippen LogP contribution is 2.69. The van der Waals surface area contributed by atoms with Crippen molar-refractivity contribution in [1.82, 2.24) is 0 Å². The Labute approximate surface area is 188 Å². The van der Waals surface area contributed by atoms with Gasteiger partial charge in [0.2, 0.25) is 17.1 Å². The Morgan fingerprint density at radius 2 is 1.55 bits per heavy atom. The van der Waals surface area contributed by atoms with Crippen LogP contribution in [0.15, 0.2) is 53.0 Å². The Morgan fingerprint density at radius 3 is 2.06 bits per heavy atom. The van der Waals surface area contributed by atoms with Gasteiger partial charge in [0.1, 0.15) is 11.9 Å². The Kier molecular flexibility index (Phi) is 4.78. The van der Waals surface area contributed by atoms with Gasteiger partial charge in [0.25, 0.3) is 0 Å². The first-order chi connectivity index (χ1) is 14.8. The zero-order chi connectivity index (χ0) is 22.4. The van der Waals surface area contributed by atoms with Gasteiger partial charge in [0, 0.05) is 11.4 Å².